The van der Waals surface area contributed by atoms with Gasteiger partial charge in [-0.05, 0) is 42.9 Å². The third-order valence-corrected chi connectivity index (χ3v) is 5.82. The quantitative estimate of drug-likeness (QED) is 0.495. The molecule has 3 rings (SSSR count). The molecule has 0 unspecified atom stereocenters. The maximum absolute atomic E-state index is 5.04. The molecule has 0 atom stereocenters. The van der Waals surface area contributed by atoms with Crippen molar-refractivity contribution in [3.05, 3.63) is 22.4 Å². The summed E-state index contributed by atoms with van der Waals surface area (Å²) < 4.78 is 0. The summed E-state index contributed by atoms with van der Waals surface area (Å²) in [6, 6.07) is 4.15. The minimum Gasteiger partial charge on any atom is -0.364 e. The van der Waals surface area contributed by atoms with Crippen LogP contribution in [-0.2, 0) is 0 Å². The number of thiazole rings is 1. The normalized spacial score (nSPS) is 15.1. The molecule has 0 aliphatic carbocycles. The molecule has 23 heavy (non-hydrogen) atoms. The molecule has 2 N–H and O–H groups in total. The van der Waals surface area contributed by atoms with Crippen LogP contribution in [0.2, 0.25) is 0 Å². The molecular formula is C15H19N5S3. The van der Waals surface area contributed by atoms with Crippen LogP contribution >= 0.6 is 34.9 Å². The molecule has 1 aliphatic rings. The van der Waals surface area contributed by atoms with E-state index in [0.29, 0.717) is 5.11 Å². The summed E-state index contributed by atoms with van der Waals surface area (Å²) in [6.07, 6.45) is 5.62. The highest BCUT2D eigenvalue weighted by atomic mass is 32.1. The van der Waals surface area contributed by atoms with E-state index in [2.05, 4.69) is 38.3 Å². The zero-order valence-electron chi connectivity index (χ0n) is 12.9. The summed E-state index contributed by atoms with van der Waals surface area (Å²) in [5.74, 6) is 0. The fourth-order valence-corrected chi connectivity index (χ4v) is 4.27. The van der Waals surface area contributed by atoms with Crippen LogP contribution in [0.1, 0.15) is 24.1 Å². The van der Waals surface area contributed by atoms with Crippen LogP contribution in [0.4, 0.5) is 5.13 Å². The van der Waals surface area contributed by atoms with Crippen molar-refractivity contribution in [2.45, 2.75) is 19.3 Å². The number of nitrogens with one attached hydrogen (secondary N) is 2. The fraction of sp³-hybridized carbons (Fsp3) is 0.400. The first-order valence-electron chi connectivity index (χ1n) is 7.58. The van der Waals surface area contributed by atoms with Crippen LogP contribution in [0, 0.1) is 0 Å². The van der Waals surface area contributed by atoms with Crippen LogP contribution < -0.4 is 15.6 Å². The molecule has 1 aliphatic heterocycles. The largest absolute Gasteiger partial charge is 0.364 e. The standard InChI is InChI=1S/C15H19N5S3/c1-16-14(21)19-17-10-12-13(11-6-5-9-22-11)18-15(23-12)20-7-3-2-4-8-20/h5-6,9-10H,2-4,7-8H2,1H3,(H2,16,19,21)/b17-10+. The predicted molar refractivity (Wildman–Crippen MR) is 104 cm³/mol. The van der Waals surface area contributed by atoms with E-state index in [1.165, 1.54) is 24.1 Å². The van der Waals surface area contributed by atoms with Gasteiger partial charge in [-0.25, -0.2) is 4.98 Å². The van der Waals surface area contributed by atoms with E-state index in [9.17, 15) is 0 Å². The maximum atomic E-state index is 5.04. The molecule has 2 aromatic heterocycles. The SMILES string of the molecule is CNC(=S)N/N=C/c1sc(N2CCCCC2)nc1-c1cccs1. The van der Waals surface area contributed by atoms with Crippen LogP contribution in [-0.4, -0.2) is 36.4 Å². The van der Waals surface area contributed by atoms with Gasteiger partial charge in [0.25, 0.3) is 0 Å². The third-order valence-electron chi connectivity index (χ3n) is 3.60. The Bertz CT molecular complexity index is 671. The molecule has 0 radical (unpaired) electrons. The lowest BCUT2D eigenvalue weighted by atomic mass is 10.1. The first kappa shape index (κ1) is 16.4. The summed E-state index contributed by atoms with van der Waals surface area (Å²) in [4.78, 5) is 9.49. The third kappa shape index (κ3) is 4.07. The van der Waals surface area contributed by atoms with Gasteiger partial charge >= 0.3 is 0 Å². The average Bonchev–Trinajstić information content (AvgIpc) is 3.25. The van der Waals surface area contributed by atoms with Crippen LogP contribution in [0.3, 0.4) is 0 Å². The van der Waals surface area contributed by atoms with Gasteiger partial charge in [-0.2, -0.15) is 5.10 Å². The molecule has 0 spiro atoms. The molecular weight excluding hydrogens is 346 g/mol. The molecule has 3 heterocycles. The number of piperidine rings is 1. The highest BCUT2D eigenvalue weighted by Crippen LogP contribution is 2.35. The number of hydrogen-bond acceptors (Lipinski definition) is 6. The van der Waals surface area contributed by atoms with Gasteiger partial charge in [0.2, 0.25) is 0 Å². The van der Waals surface area contributed by atoms with E-state index in [-0.39, 0.29) is 0 Å². The summed E-state index contributed by atoms with van der Waals surface area (Å²) in [5, 5.41) is 10.7. The van der Waals surface area contributed by atoms with Gasteiger partial charge < -0.3 is 10.2 Å². The van der Waals surface area contributed by atoms with Gasteiger partial charge in [-0.15, -0.1) is 11.3 Å². The number of anilines is 1. The second kappa shape index (κ2) is 7.85. The van der Waals surface area contributed by atoms with Gasteiger partial charge in [-0.1, -0.05) is 17.4 Å². The lowest BCUT2D eigenvalue weighted by Gasteiger charge is -2.25. The molecule has 0 bridgehead atoms. The number of aromatic nitrogens is 1. The second-order valence-corrected chi connectivity index (χ2v) is 7.55. The summed E-state index contributed by atoms with van der Waals surface area (Å²) >= 11 is 8.43. The van der Waals surface area contributed by atoms with Crippen molar-refractivity contribution < 1.29 is 0 Å². The molecule has 0 saturated carbocycles. The minimum absolute atomic E-state index is 0.500. The van der Waals surface area contributed by atoms with E-state index >= 15 is 0 Å². The average molecular weight is 366 g/mol. The van der Waals surface area contributed by atoms with Crippen molar-refractivity contribution in [1.29, 1.82) is 0 Å². The number of hydrogen-bond donors (Lipinski definition) is 2. The Hall–Kier alpha value is -1.51. The van der Waals surface area contributed by atoms with Crippen molar-refractivity contribution in [3.8, 4) is 10.6 Å². The summed E-state index contributed by atoms with van der Waals surface area (Å²) in [6.45, 7) is 2.19. The Kier molecular flexibility index (Phi) is 5.58. The molecule has 8 heteroatoms. The van der Waals surface area contributed by atoms with Gasteiger partial charge in [-0.3, -0.25) is 5.43 Å². The smallest absolute Gasteiger partial charge is 0.186 e. The highest BCUT2D eigenvalue weighted by Gasteiger charge is 2.19. The topological polar surface area (TPSA) is 52.6 Å². The van der Waals surface area contributed by atoms with Crippen molar-refractivity contribution >= 4 is 51.4 Å². The van der Waals surface area contributed by atoms with E-state index in [1.807, 2.05) is 6.21 Å². The number of thiocarbonyl (C=S) groups is 1. The molecule has 1 fully saturated rings. The number of thiophene rings is 1. The first-order valence-corrected chi connectivity index (χ1v) is 9.69. The van der Waals surface area contributed by atoms with Crippen molar-refractivity contribution in [2.24, 2.45) is 5.10 Å². The zero-order chi connectivity index (χ0) is 16.1. The van der Waals surface area contributed by atoms with Gasteiger partial charge in [0.15, 0.2) is 10.2 Å². The molecule has 1 saturated heterocycles. The lowest BCUT2D eigenvalue weighted by Crippen LogP contribution is -2.29. The molecule has 0 amide bonds. The van der Waals surface area contributed by atoms with Crippen LogP contribution in [0.15, 0.2) is 22.6 Å². The Balaban J connectivity index is 1.86. The van der Waals surface area contributed by atoms with Crippen LogP contribution in [0.5, 0.6) is 0 Å². The molecule has 0 aromatic carbocycles. The van der Waals surface area contributed by atoms with E-state index in [1.54, 1.807) is 29.7 Å². The van der Waals surface area contributed by atoms with Crippen molar-refractivity contribution in [2.75, 3.05) is 25.0 Å². The highest BCUT2D eigenvalue weighted by molar-refractivity contribution is 7.80. The monoisotopic (exact) mass is 365 g/mol. The van der Waals surface area contributed by atoms with Crippen molar-refractivity contribution in [3.63, 3.8) is 0 Å². The van der Waals surface area contributed by atoms with Crippen LogP contribution in [0.25, 0.3) is 10.6 Å². The van der Waals surface area contributed by atoms with Crippen molar-refractivity contribution in [1.82, 2.24) is 15.7 Å². The number of hydrazone groups is 1. The van der Waals surface area contributed by atoms with Gasteiger partial charge in [0.1, 0.15) is 5.69 Å². The minimum atomic E-state index is 0.500. The Labute approximate surface area is 149 Å². The zero-order valence-corrected chi connectivity index (χ0v) is 15.4. The number of nitrogens with zero attached hydrogens (tertiary/aromatic N) is 3. The summed E-state index contributed by atoms with van der Waals surface area (Å²) in [5.41, 5.74) is 3.81. The lowest BCUT2D eigenvalue weighted by molar-refractivity contribution is 0.577. The maximum Gasteiger partial charge on any atom is 0.186 e. The Morgan fingerprint density at radius 1 is 1.39 bits per heavy atom. The molecule has 5 nitrogen and oxygen atoms in total. The molecule has 122 valence electrons. The Morgan fingerprint density at radius 2 is 2.22 bits per heavy atom. The number of rotatable bonds is 4. The van der Waals surface area contributed by atoms with E-state index in [4.69, 9.17) is 17.2 Å². The fourth-order valence-electron chi connectivity index (χ4n) is 2.42. The summed E-state index contributed by atoms with van der Waals surface area (Å²) in [7, 11) is 1.77. The van der Waals surface area contributed by atoms with Gasteiger partial charge in [0.05, 0.1) is 16.0 Å². The Morgan fingerprint density at radius 3 is 2.91 bits per heavy atom. The van der Waals surface area contributed by atoms with E-state index < -0.39 is 0 Å². The molecule has 2 aromatic rings. The second-order valence-electron chi connectivity index (χ2n) is 5.18. The predicted octanol–water partition coefficient (Wildman–Crippen LogP) is 3.29. The first-order chi connectivity index (χ1) is 11.3. The van der Waals surface area contributed by atoms with E-state index in [0.717, 1.165) is 28.8 Å². The van der Waals surface area contributed by atoms with Gasteiger partial charge in [0, 0.05) is 20.1 Å².